The molecule has 7 nitrogen and oxygen atoms in total. The van der Waals surface area contributed by atoms with Crippen molar-refractivity contribution in [1.82, 2.24) is 4.90 Å². The topological polar surface area (TPSA) is 91.6 Å². The smallest absolute Gasteiger partial charge is 0.304 e. The summed E-state index contributed by atoms with van der Waals surface area (Å²) in [5.41, 5.74) is 1.52. The van der Waals surface area contributed by atoms with Crippen LogP contribution in [0.3, 0.4) is 0 Å². The van der Waals surface area contributed by atoms with Crippen LogP contribution < -0.4 is 9.47 Å². The molecule has 0 radical (unpaired) electrons. The maximum absolute atomic E-state index is 10.6. The largest absolute Gasteiger partial charge is 0.481 e. The van der Waals surface area contributed by atoms with E-state index >= 15 is 0 Å². The molecule has 0 aromatic heterocycles. The van der Waals surface area contributed by atoms with Crippen LogP contribution in [0.4, 0.5) is 0 Å². The molecule has 20 heavy (non-hydrogen) atoms. The first-order valence-corrected chi connectivity index (χ1v) is 6.11. The van der Waals surface area contributed by atoms with E-state index in [1.54, 1.807) is 6.07 Å². The minimum atomic E-state index is -0.834. The molecule has 0 bridgehead atoms. The van der Waals surface area contributed by atoms with Gasteiger partial charge in [0.1, 0.15) is 0 Å². The van der Waals surface area contributed by atoms with Gasteiger partial charge in [-0.05, 0) is 18.7 Å². The fraction of sp³-hybridized carbons (Fsp3) is 0.385. The van der Waals surface area contributed by atoms with Crippen LogP contribution >= 0.6 is 0 Å². The average molecular weight is 280 g/mol. The van der Waals surface area contributed by atoms with Gasteiger partial charge in [-0.25, -0.2) is 0 Å². The standard InChI is InChI=1S/C13H16N2O5/c1-15(5-4-12(16)17)7-9-2-3-11-13(20-8-19-11)10(9)6-14-18/h2-3,6,18H,4-5,7-8H2,1H3,(H,16,17)/b14-6+. The van der Waals surface area contributed by atoms with E-state index in [1.165, 1.54) is 6.21 Å². The number of aliphatic carboxylic acids is 1. The monoisotopic (exact) mass is 280 g/mol. The maximum atomic E-state index is 10.6. The first kappa shape index (κ1) is 14.1. The molecule has 108 valence electrons. The highest BCUT2D eigenvalue weighted by atomic mass is 16.7. The lowest BCUT2D eigenvalue weighted by atomic mass is 10.1. The fourth-order valence-electron chi connectivity index (χ4n) is 2.03. The molecule has 1 heterocycles. The molecule has 1 aliphatic heterocycles. The van der Waals surface area contributed by atoms with Crippen LogP contribution in [0.2, 0.25) is 0 Å². The van der Waals surface area contributed by atoms with Crippen molar-refractivity contribution in [2.24, 2.45) is 5.16 Å². The number of fused-ring (bicyclic) bond motifs is 1. The lowest BCUT2D eigenvalue weighted by Crippen LogP contribution is -2.22. The molecular weight excluding hydrogens is 264 g/mol. The number of benzene rings is 1. The zero-order chi connectivity index (χ0) is 14.5. The van der Waals surface area contributed by atoms with Crippen LogP contribution in [0.15, 0.2) is 17.3 Å². The second-order valence-corrected chi connectivity index (χ2v) is 4.50. The van der Waals surface area contributed by atoms with Gasteiger partial charge in [-0.1, -0.05) is 11.2 Å². The van der Waals surface area contributed by atoms with Crippen molar-refractivity contribution >= 4 is 12.2 Å². The predicted octanol–water partition coefficient (Wildman–Crippen LogP) is 1.13. The lowest BCUT2D eigenvalue weighted by Gasteiger charge is -2.17. The van der Waals surface area contributed by atoms with Gasteiger partial charge in [-0.3, -0.25) is 4.79 Å². The number of oxime groups is 1. The number of carboxylic acids is 1. The van der Waals surface area contributed by atoms with Gasteiger partial charge in [0.15, 0.2) is 11.5 Å². The van der Waals surface area contributed by atoms with Gasteiger partial charge >= 0.3 is 5.97 Å². The number of hydrogen-bond acceptors (Lipinski definition) is 6. The van der Waals surface area contributed by atoms with Gasteiger partial charge in [0.25, 0.3) is 0 Å². The SMILES string of the molecule is CN(CCC(=O)O)Cc1ccc2c(c1/C=N/O)OCO2. The van der Waals surface area contributed by atoms with Crippen LogP contribution in [-0.4, -0.2) is 47.8 Å². The molecule has 0 spiro atoms. The Morgan fingerprint density at radius 1 is 1.50 bits per heavy atom. The number of carbonyl (C=O) groups is 1. The van der Waals surface area contributed by atoms with Gasteiger partial charge in [0, 0.05) is 18.7 Å². The van der Waals surface area contributed by atoms with Gasteiger partial charge < -0.3 is 24.7 Å². The van der Waals surface area contributed by atoms with Crippen molar-refractivity contribution in [3.8, 4) is 11.5 Å². The molecular formula is C13H16N2O5. The molecule has 0 unspecified atom stereocenters. The number of rotatable bonds is 6. The Morgan fingerprint density at radius 3 is 3.00 bits per heavy atom. The summed E-state index contributed by atoms with van der Waals surface area (Å²) in [6.45, 7) is 1.09. The van der Waals surface area contributed by atoms with Crippen LogP contribution in [0, 0.1) is 0 Å². The van der Waals surface area contributed by atoms with Gasteiger partial charge in [-0.15, -0.1) is 0 Å². The summed E-state index contributed by atoms with van der Waals surface area (Å²) in [7, 11) is 1.83. The second kappa shape index (κ2) is 6.25. The van der Waals surface area contributed by atoms with Crippen LogP contribution in [0.25, 0.3) is 0 Å². The number of carboxylic acid groups (broad SMARTS) is 1. The van der Waals surface area contributed by atoms with Crippen LogP contribution in [-0.2, 0) is 11.3 Å². The quantitative estimate of drug-likeness (QED) is 0.461. The fourth-order valence-corrected chi connectivity index (χ4v) is 2.03. The van der Waals surface area contributed by atoms with E-state index in [9.17, 15) is 4.79 Å². The molecule has 2 N–H and O–H groups in total. The van der Waals surface area contributed by atoms with Crippen molar-refractivity contribution in [3.05, 3.63) is 23.3 Å². The Bertz CT molecular complexity index is 530. The predicted molar refractivity (Wildman–Crippen MR) is 70.5 cm³/mol. The van der Waals surface area contributed by atoms with E-state index in [2.05, 4.69) is 5.16 Å². The highest BCUT2D eigenvalue weighted by molar-refractivity contribution is 5.87. The maximum Gasteiger partial charge on any atom is 0.304 e. The molecule has 0 atom stereocenters. The van der Waals surface area contributed by atoms with Gasteiger partial charge in [-0.2, -0.15) is 0 Å². The van der Waals surface area contributed by atoms with Crippen LogP contribution in [0.1, 0.15) is 17.5 Å². The normalized spacial score (nSPS) is 13.3. The Balaban J connectivity index is 2.17. The molecule has 0 amide bonds. The Labute approximate surface area is 116 Å². The zero-order valence-electron chi connectivity index (χ0n) is 11.1. The number of hydrogen-bond donors (Lipinski definition) is 2. The Morgan fingerprint density at radius 2 is 2.30 bits per heavy atom. The summed E-state index contributed by atoms with van der Waals surface area (Å²) < 4.78 is 10.6. The van der Waals surface area contributed by atoms with E-state index in [0.717, 1.165) is 5.56 Å². The highest BCUT2D eigenvalue weighted by Gasteiger charge is 2.20. The molecule has 0 aliphatic carbocycles. The Kier molecular flexibility index (Phi) is 4.41. The van der Waals surface area contributed by atoms with Crippen LogP contribution in [0.5, 0.6) is 11.5 Å². The summed E-state index contributed by atoms with van der Waals surface area (Å²) in [6, 6.07) is 3.64. The molecule has 0 saturated heterocycles. The minimum Gasteiger partial charge on any atom is -0.481 e. The summed E-state index contributed by atoms with van der Waals surface area (Å²) in [5, 5.41) is 20.5. The second-order valence-electron chi connectivity index (χ2n) is 4.50. The minimum absolute atomic E-state index is 0.0739. The average Bonchev–Trinajstić information content (AvgIpc) is 2.88. The molecule has 1 aliphatic rings. The van der Waals surface area contributed by atoms with E-state index < -0.39 is 5.97 Å². The van der Waals surface area contributed by atoms with Crippen molar-refractivity contribution < 1.29 is 24.6 Å². The van der Waals surface area contributed by atoms with E-state index in [1.807, 2.05) is 18.0 Å². The van der Waals surface area contributed by atoms with E-state index in [0.29, 0.717) is 30.2 Å². The summed E-state index contributed by atoms with van der Waals surface area (Å²) in [5.74, 6) is 0.323. The Hall–Kier alpha value is -2.28. The van der Waals surface area contributed by atoms with Crippen molar-refractivity contribution in [3.63, 3.8) is 0 Å². The van der Waals surface area contributed by atoms with Crippen molar-refractivity contribution in [2.75, 3.05) is 20.4 Å². The summed E-state index contributed by atoms with van der Waals surface area (Å²) >= 11 is 0. The first-order chi connectivity index (χ1) is 9.61. The molecule has 1 aromatic carbocycles. The summed E-state index contributed by atoms with van der Waals surface area (Å²) in [6.07, 6.45) is 1.37. The third-order valence-corrected chi connectivity index (χ3v) is 3.00. The summed E-state index contributed by atoms with van der Waals surface area (Å²) in [4.78, 5) is 12.4. The third kappa shape index (κ3) is 3.18. The van der Waals surface area contributed by atoms with Crippen molar-refractivity contribution in [1.29, 1.82) is 0 Å². The molecule has 0 fully saturated rings. The van der Waals surface area contributed by atoms with Gasteiger partial charge in [0.2, 0.25) is 6.79 Å². The number of ether oxygens (including phenoxy) is 2. The zero-order valence-corrected chi connectivity index (χ0v) is 11.1. The molecule has 1 aromatic rings. The highest BCUT2D eigenvalue weighted by Crippen LogP contribution is 2.36. The molecule has 2 rings (SSSR count). The number of nitrogens with zero attached hydrogens (tertiary/aromatic N) is 2. The molecule has 0 saturated carbocycles. The lowest BCUT2D eigenvalue weighted by molar-refractivity contribution is -0.137. The van der Waals surface area contributed by atoms with E-state index in [4.69, 9.17) is 19.8 Å². The first-order valence-electron chi connectivity index (χ1n) is 6.11. The van der Waals surface area contributed by atoms with E-state index in [-0.39, 0.29) is 13.2 Å². The van der Waals surface area contributed by atoms with Crippen molar-refractivity contribution in [2.45, 2.75) is 13.0 Å². The molecule has 7 heteroatoms. The third-order valence-electron chi connectivity index (χ3n) is 3.00. The van der Waals surface area contributed by atoms with Gasteiger partial charge in [0.05, 0.1) is 12.6 Å².